The number of carboxylic acid groups (broad SMARTS) is 1. The molecule has 0 saturated carbocycles. The Labute approximate surface area is 105 Å². The zero-order chi connectivity index (χ0) is 13.5. The van der Waals surface area contributed by atoms with Gasteiger partial charge in [-0.1, -0.05) is 13.8 Å². The highest BCUT2D eigenvalue weighted by atomic mass is 16.4. The van der Waals surface area contributed by atoms with Crippen molar-refractivity contribution >= 4 is 12.0 Å². The molecule has 1 heterocycles. The van der Waals surface area contributed by atoms with Gasteiger partial charge in [-0.2, -0.15) is 0 Å². The van der Waals surface area contributed by atoms with E-state index in [1.807, 2.05) is 6.92 Å². The number of aromatic nitrogens is 1. The molecule has 1 aromatic rings. The van der Waals surface area contributed by atoms with Gasteiger partial charge in [0.1, 0.15) is 5.76 Å². The largest absolute Gasteiger partial charge is 0.481 e. The van der Waals surface area contributed by atoms with Crippen molar-refractivity contribution in [3.63, 3.8) is 0 Å². The van der Waals surface area contributed by atoms with Crippen LogP contribution in [0.15, 0.2) is 10.6 Å². The van der Waals surface area contributed by atoms with Crippen LogP contribution in [-0.2, 0) is 17.8 Å². The molecule has 3 N–H and O–H groups in total. The molecule has 0 radical (unpaired) electrons. The van der Waals surface area contributed by atoms with Crippen LogP contribution in [0.25, 0.3) is 0 Å². The quantitative estimate of drug-likeness (QED) is 0.696. The minimum Gasteiger partial charge on any atom is -0.481 e. The van der Waals surface area contributed by atoms with Crippen LogP contribution in [0.4, 0.5) is 4.79 Å². The summed E-state index contributed by atoms with van der Waals surface area (Å²) in [5, 5.41) is 13.6. The highest BCUT2D eigenvalue weighted by Gasteiger charge is 2.12. The van der Waals surface area contributed by atoms with E-state index in [1.54, 1.807) is 6.20 Å². The lowest BCUT2D eigenvalue weighted by Gasteiger charge is -2.08. The molecule has 0 spiro atoms. The molecule has 7 heteroatoms. The SMILES string of the molecule is CCc1cnc(CNC(=O)NCC(C)C(=O)O)o1. The molecule has 0 bridgehead atoms. The number of hydrogen-bond acceptors (Lipinski definition) is 4. The van der Waals surface area contributed by atoms with E-state index in [2.05, 4.69) is 15.6 Å². The molecule has 100 valence electrons. The summed E-state index contributed by atoms with van der Waals surface area (Å²) in [5.41, 5.74) is 0. The average Bonchev–Trinajstić information content (AvgIpc) is 2.81. The Kier molecular flexibility index (Phi) is 5.16. The zero-order valence-electron chi connectivity index (χ0n) is 10.4. The van der Waals surface area contributed by atoms with Crippen molar-refractivity contribution in [2.24, 2.45) is 5.92 Å². The second-order valence-electron chi connectivity index (χ2n) is 3.88. The fourth-order valence-electron chi connectivity index (χ4n) is 1.14. The van der Waals surface area contributed by atoms with E-state index in [1.165, 1.54) is 6.92 Å². The molecule has 2 amide bonds. The minimum atomic E-state index is -0.949. The highest BCUT2D eigenvalue weighted by Crippen LogP contribution is 2.03. The highest BCUT2D eigenvalue weighted by molar-refractivity contribution is 5.75. The first kappa shape index (κ1) is 14.0. The lowest BCUT2D eigenvalue weighted by molar-refractivity contribution is -0.140. The van der Waals surface area contributed by atoms with E-state index >= 15 is 0 Å². The van der Waals surface area contributed by atoms with E-state index in [-0.39, 0.29) is 13.1 Å². The second kappa shape index (κ2) is 6.63. The van der Waals surface area contributed by atoms with Gasteiger partial charge in [0, 0.05) is 13.0 Å². The number of amides is 2. The molecule has 0 aromatic carbocycles. The summed E-state index contributed by atoms with van der Waals surface area (Å²) in [7, 11) is 0. The van der Waals surface area contributed by atoms with E-state index in [4.69, 9.17) is 9.52 Å². The van der Waals surface area contributed by atoms with Crippen LogP contribution in [0.2, 0.25) is 0 Å². The Morgan fingerprint density at radius 3 is 2.78 bits per heavy atom. The first-order valence-corrected chi connectivity index (χ1v) is 5.71. The maximum atomic E-state index is 11.3. The molecule has 0 aliphatic heterocycles. The molecule has 7 nitrogen and oxygen atoms in total. The molecule has 18 heavy (non-hydrogen) atoms. The topological polar surface area (TPSA) is 104 Å². The summed E-state index contributed by atoms with van der Waals surface area (Å²) < 4.78 is 5.30. The number of aliphatic carboxylic acids is 1. The van der Waals surface area contributed by atoms with Gasteiger partial charge in [0.05, 0.1) is 18.7 Å². The van der Waals surface area contributed by atoms with Gasteiger partial charge in [0.2, 0.25) is 5.89 Å². The van der Waals surface area contributed by atoms with Crippen molar-refractivity contribution in [3.05, 3.63) is 17.8 Å². The van der Waals surface area contributed by atoms with Crippen LogP contribution in [0.5, 0.6) is 0 Å². The molecule has 1 unspecified atom stereocenters. The Balaban J connectivity index is 2.26. The number of rotatable bonds is 6. The molecule has 1 aromatic heterocycles. The predicted octanol–water partition coefficient (Wildman–Crippen LogP) is 0.757. The molecule has 0 saturated heterocycles. The van der Waals surface area contributed by atoms with Gasteiger partial charge < -0.3 is 20.2 Å². The average molecular weight is 255 g/mol. The fraction of sp³-hybridized carbons (Fsp3) is 0.545. The van der Waals surface area contributed by atoms with E-state index in [0.29, 0.717) is 5.89 Å². The Morgan fingerprint density at radius 1 is 1.50 bits per heavy atom. The van der Waals surface area contributed by atoms with Crippen molar-refractivity contribution in [1.29, 1.82) is 0 Å². The van der Waals surface area contributed by atoms with Gasteiger partial charge in [-0.3, -0.25) is 4.79 Å². The molecule has 0 aliphatic carbocycles. The van der Waals surface area contributed by atoms with Crippen LogP contribution in [0, 0.1) is 5.92 Å². The normalized spacial score (nSPS) is 11.9. The number of nitrogens with one attached hydrogen (secondary N) is 2. The number of oxazole rings is 1. The van der Waals surface area contributed by atoms with Crippen LogP contribution < -0.4 is 10.6 Å². The van der Waals surface area contributed by atoms with Crippen molar-refractivity contribution in [1.82, 2.24) is 15.6 Å². The van der Waals surface area contributed by atoms with Gasteiger partial charge in [0.15, 0.2) is 0 Å². The first-order chi connectivity index (χ1) is 8.52. The summed E-state index contributed by atoms with van der Waals surface area (Å²) in [6, 6.07) is -0.445. The summed E-state index contributed by atoms with van der Waals surface area (Å²) in [4.78, 5) is 25.8. The molecule has 0 fully saturated rings. The van der Waals surface area contributed by atoms with E-state index in [9.17, 15) is 9.59 Å². The Morgan fingerprint density at radius 2 is 2.22 bits per heavy atom. The van der Waals surface area contributed by atoms with Gasteiger partial charge >= 0.3 is 12.0 Å². The van der Waals surface area contributed by atoms with Crippen LogP contribution in [-0.4, -0.2) is 28.6 Å². The summed E-state index contributed by atoms with van der Waals surface area (Å²) in [5.74, 6) is -0.389. The van der Waals surface area contributed by atoms with Crippen molar-refractivity contribution < 1.29 is 19.1 Å². The van der Waals surface area contributed by atoms with Gasteiger partial charge in [0.25, 0.3) is 0 Å². The summed E-state index contributed by atoms with van der Waals surface area (Å²) >= 11 is 0. The minimum absolute atomic E-state index is 0.0763. The fourth-order valence-corrected chi connectivity index (χ4v) is 1.14. The van der Waals surface area contributed by atoms with Gasteiger partial charge in [-0.25, -0.2) is 9.78 Å². The smallest absolute Gasteiger partial charge is 0.315 e. The van der Waals surface area contributed by atoms with Crippen LogP contribution in [0.3, 0.4) is 0 Å². The van der Waals surface area contributed by atoms with Crippen LogP contribution in [0.1, 0.15) is 25.5 Å². The summed E-state index contributed by atoms with van der Waals surface area (Å²) in [6.07, 6.45) is 2.36. The van der Waals surface area contributed by atoms with Gasteiger partial charge in [-0.15, -0.1) is 0 Å². The number of carboxylic acids is 1. The molecule has 1 rings (SSSR count). The number of urea groups is 1. The van der Waals surface area contributed by atoms with Crippen LogP contribution >= 0.6 is 0 Å². The van der Waals surface area contributed by atoms with Gasteiger partial charge in [-0.05, 0) is 0 Å². The maximum Gasteiger partial charge on any atom is 0.315 e. The molecule has 0 aliphatic rings. The third-order valence-corrected chi connectivity index (χ3v) is 2.34. The third-order valence-electron chi connectivity index (χ3n) is 2.34. The second-order valence-corrected chi connectivity index (χ2v) is 3.88. The summed E-state index contributed by atoms with van der Waals surface area (Å²) in [6.45, 7) is 3.71. The molecular weight excluding hydrogens is 238 g/mol. The number of aryl methyl sites for hydroxylation is 1. The first-order valence-electron chi connectivity index (χ1n) is 5.71. The van der Waals surface area contributed by atoms with Crippen molar-refractivity contribution in [3.8, 4) is 0 Å². The van der Waals surface area contributed by atoms with Crippen molar-refractivity contribution in [2.45, 2.75) is 26.8 Å². The Hall–Kier alpha value is -2.05. The molecule has 1 atom stereocenters. The van der Waals surface area contributed by atoms with E-state index < -0.39 is 17.9 Å². The van der Waals surface area contributed by atoms with Crippen molar-refractivity contribution in [2.75, 3.05) is 6.54 Å². The third kappa shape index (κ3) is 4.44. The molecular formula is C11H17N3O4. The lowest BCUT2D eigenvalue weighted by Crippen LogP contribution is -2.38. The standard InChI is InChI=1S/C11H17N3O4/c1-3-8-5-12-9(18-8)6-14-11(17)13-4-7(2)10(15)16/h5,7H,3-4,6H2,1-2H3,(H,15,16)(H2,13,14,17). The zero-order valence-corrected chi connectivity index (χ0v) is 10.4. The lowest BCUT2D eigenvalue weighted by atomic mass is 10.2. The monoisotopic (exact) mass is 255 g/mol. The maximum absolute atomic E-state index is 11.3. The number of carbonyl (C=O) groups excluding carboxylic acids is 1. The number of nitrogens with zero attached hydrogens (tertiary/aromatic N) is 1. The van der Waals surface area contributed by atoms with E-state index in [0.717, 1.165) is 12.2 Å². The number of carbonyl (C=O) groups is 2. The Bertz CT molecular complexity index is 416. The number of hydrogen-bond donors (Lipinski definition) is 3. The predicted molar refractivity (Wildman–Crippen MR) is 62.9 cm³/mol.